The molecule has 1 unspecified atom stereocenters. The van der Waals surface area contributed by atoms with Gasteiger partial charge < -0.3 is 10.2 Å². The molecule has 1 atom stereocenters. The Morgan fingerprint density at radius 2 is 1.51 bits per heavy atom. The van der Waals surface area contributed by atoms with E-state index in [0.717, 1.165) is 39.4 Å². The number of sulfonamides is 1. The third kappa shape index (κ3) is 9.19. The van der Waals surface area contributed by atoms with Crippen LogP contribution in [0.25, 0.3) is 0 Å². The van der Waals surface area contributed by atoms with Crippen LogP contribution in [0.1, 0.15) is 42.0 Å². The molecule has 0 aromatic heterocycles. The van der Waals surface area contributed by atoms with E-state index in [1.807, 2.05) is 81.4 Å². The summed E-state index contributed by atoms with van der Waals surface area (Å²) in [5.41, 5.74) is 3.97. The van der Waals surface area contributed by atoms with Crippen molar-refractivity contribution in [2.45, 2.75) is 57.5 Å². The molecule has 0 aliphatic heterocycles. The predicted molar refractivity (Wildman–Crippen MR) is 181 cm³/mol. The van der Waals surface area contributed by atoms with Gasteiger partial charge >= 0.3 is 0 Å². The number of nitrogens with zero attached hydrogens (tertiary/aromatic N) is 2. The third-order valence-corrected chi connectivity index (χ3v) is 9.58. The third-order valence-electron chi connectivity index (χ3n) is 7.54. The number of hydrogen-bond donors (Lipinski definition) is 1. The fourth-order valence-corrected chi connectivity index (χ4v) is 6.53. The second-order valence-electron chi connectivity index (χ2n) is 11.2. The Morgan fingerprint density at radius 3 is 2.16 bits per heavy atom. The van der Waals surface area contributed by atoms with Crippen molar-refractivity contribution in [2.24, 2.45) is 0 Å². The number of benzene rings is 4. The van der Waals surface area contributed by atoms with Gasteiger partial charge in [-0.2, -0.15) is 0 Å². The number of nitrogens with one attached hydrogen (secondary N) is 1. The predicted octanol–water partition coefficient (Wildman–Crippen LogP) is 6.71. The van der Waals surface area contributed by atoms with Crippen molar-refractivity contribution in [1.82, 2.24) is 10.2 Å². The van der Waals surface area contributed by atoms with Crippen LogP contribution in [0.5, 0.6) is 0 Å². The second-order valence-corrected chi connectivity index (χ2v) is 13.5. The quantitative estimate of drug-likeness (QED) is 0.155. The normalized spacial score (nSPS) is 11.9. The lowest BCUT2D eigenvalue weighted by Gasteiger charge is -2.34. The van der Waals surface area contributed by atoms with Gasteiger partial charge in [-0.15, -0.1) is 0 Å². The van der Waals surface area contributed by atoms with E-state index in [1.165, 1.54) is 29.2 Å². The number of unbranched alkanes of at least 4 members (excludes halogenated alkanes) is 1. The van der Waals surface area contributed by atoms with E-state index in [4.69, 9.17) is 11.6 Å². The molecule has 4 aromatic rings. The van der Waals surface area contributed by atoms with E-state index < -0.39 is 28.5 Å². The van der Waals surface area contributed by atoms with Gasteiger partial charge in [0.15, 0.2) is 0 Å². The van der Waals surface area contributed by atoms with Crippen molar-refractivity contribution in [3.8, 4) is 0 Å². The van der Waals surface area contributed by atoms with E-state index in [2.05, 4.69) is 5.32 Å². The van der Waals surface area contributed by atoms with E-state index in [9.17, 15) is 18.0 Å². The minimum absolute atomic E-state index is 0.00411. The molecule has 0 radical (unpaired) electrons. The first kappa shape index (κ1) is 33.7. The number of amides is 2. The summed E-state index contributed by atoms with van der Waals surface area (Å²) in [7, 11) is -4.19. The molecular weight excluding hydrogens is 606 g/mol. The number of carbonyl (C=O) groups excluding carboxylic acids is 2. The van der Waals surface area contributed by atoms with Crippen molar-refractivity contribution in [2.75, 3.05) is 17.4 Å². The number of carbonyl (C=O) groups is 2. The van der Waals surface area contributed by atoms with Crippen LogP contribution < -0.4 is 9.62 Å². The molecule has 7 nitrogen and oxygen atoms in total. The summed E-state index contributed by atoms with van der Waals surface area (Å²) in [6, 6.07) is 29.3. The molecule has 4 aromatic carbocycles. The van der Waals surface area contributed by atoms with Crippen LogP contribution >= 0.6 is 11.6 Å². The highest BCUT2D eigenvalue weighted by Gasteiger charge is 2.34. The minimum Gasteiger partial charge on any atom is -0.354 e. The van der Waals surface area contributed by atoms with Crippen LogP contribution in [0, 0.1) is 13.8 Å². The van der Waals surface area contributed by atoms with Crippen molar-refractivity contribution >= 4 is 39.1 Å². The number of hydrogen-bond acceptors (Lipinski definition) is 4. The molecule has 0 fully saturated rings. The Kier molecular flexibility index (Phi) is 11.8. The van der Waals surface area contributed by atoms with E-state index >= 15 is 0 Å². The second kappa shape index (κ2) is 15.7. The van der Waals surface area contributed by atoms with Gasteiger partial charge in [-0.3, -0.25) is 13.9 Å². The van der Waals surface area contributed by atoms with E-state index in [0.29, 0.717) is 17.3 Å². The largest absolute Gasteiger partial charge is 0.354 e. The fourth-order valence-electron chi connectivity index (χ4n) is 5.00. The average molecular weight is 646 g/mol. The van der Waals surface area contributed by atoms with Gasteiger partial charge in [0.1, 0.15) is 12.6 Å². The summed E-state index contributed by atoms with van der Waals surface area (Å²) in [6.45, 7) is 5.98. The first-order chi connectivity index (χ1) is 21.6. The molecule has 236 valence electrons. The lowest BCUT2D eigenvalue weighted by Crippen LogP contribution is -2.53. The van der Waals surface area contributed by atoms with Crippen molar-refractivity contribution < 1.29 is 18.0 Å². The Balaban J connectivity index is 1.78. The minimum atomic E-state index is -4.19. The molecule has 0 saturated heterocycles. The molecular formula is C36H40ClN3O4S. The standard InChI is InChI=1S/C36H40ClN3O4S/c1-4-5-22-38-36(42)34(24-29-11-7-6-8-12-29)39(25-30-16-14-27(2)15-17-30)35(41)26-40(32-13-9-10-28(3)23-32)45(43,44)33-20-18-31(37)19-21-33/h6-21,23,34H,4-5,22,24-26H2,1-3H3,(H,38,42). The smallest absolute Gasteiger partial charge is 0.264 e. The lowest BCUT2D eigenvalue weighted by atomic mass is 10.0. The first-order valence-corrected chi connectivity index (χ1v) is 16.9. The molecule has 0 heterocycles. The molecule has 9 heteroatoms. The summed E-state index contributed by atoms with van der Waals surface area (Å²) in [4.78, 5) is 29.8. The summed E-state index contributed by atoms with van der Waals surface area (Å²) in [6.07, 6.45) is 1.98. The Morgan fingerprint density at radius 1 is 0.822 bits per heavy atom. The van der Waals surface area contributed by atoms with Gasteiger partial charge in [-0.25, -0.2) is 8.42 Å². The molecule has 0 saturated carbocycles. The van der Waals surface area contributed by atoms with Crippen LogP contribution in [0.2, 0.25) is 5.02 Å². The van der Waals surface area contributed by atoms with Crippen LogP contribution in [0.3, 0.4) is 0 Å². The monoisotopic (exact) mass is 645 g/mol. The Bertz CT molecular complexity index is 1680. The maximum absolute atomic E-state index is 14.5. The maximum atomic E-state index is 14.5. The topological polar surface area (TPSA) is 86.8 Å². The molecule has 0 aliphatic rings. The number of aryl methyl sites for hydroxylation is 2. The SMILES string of the molecule is CCCCNC(=O)C(Cc1ccccc1)N(Cc1ccc(C)cc1)C(=O)CN(c1cccc(C)c1)S(=O)(=O)c1ccc(Cl)cc1. The van der Waals surface area contributed by atoms with Crippen molar-refractivity contribution in [1.29, 1.82) is 0 Å². The maximum Gasteiger partial charge on any atom is 0.264 e. The van der Waals surface area contributed by atoms with Gasteiger partial charge in [-0.1, -0.05) is 97.2 Å². The fraction of sp³-hybridized carbons (Fsp3) is 0.278. The zero-order chi connectivity index (χ0) is 32.4. The zero-order valence-corrected chi connectivity index (χ0v) is 27.5. The van der Waals surface area contributed by atoms with E-state index in [1.54, 1.807) is 18.2 Å². The van der Waals surface area contributed by atoms with Crippen molar-refractivity contribution in [3.63, 3.8) is 0 Å². The van der Waals surface area contributed by atoms with Gasteiger partial charge in [0.25, 0.3) is 10.0 Å². The van der Waals surface area contributed by atoms with Crippen LogP contribution in [0.15, 0.2) is 108 Å². The number of rotatable bonds is 14. The number of halogens is 1. The van der Waals surface area contributed by atoms with Crippen LogP contribution in [-0.2, 0) is 32.6 Å². The first-order valence-electron chi connectivity index (χ1n) is 15.1. The molecule has 45 heavy (non-hydrogen) atoms. The highest BCUT2D eigenvalue weighted by atomic mass is 35.5. The van der Waals surface area contributed by atoms with Gasteiger partial charge in [0, 0.05) is 24.5 Å². The van der Waals surface area contributed by atoms with Crippen LogP contribution in [-0.4, -0.2) is 44.3 Å². The highest BCUT2D eigenvalue weighted by Crippen LogP contribution is 2.27. The Hall–Kier alpha value is -4.14. The number of anilines is 1. The summed E-state index contributed by atoms with van der Waals surface area (Å²) < 4.78 is 29.3. The lowest BCUT2D eigenvalue weighted by molar-refractivity contribution is -0.140. The summed E-state index contributed by atoms with van der Waals surface area (Å²) in [5.74, 6) is -0.781. The zero-order valence-electron chi connectivity index (χ0n) is 25.9. The van der Waals surface area contributed by atoms with Crippen molar-refractivity contribution in [3.05, 3.63) is 130 Å². The molecule has 0 aliphatic carbocycles. The molecule has 0 spiro atoms. The van der Waals surface area contributed by atoms with Gasteiger partial charge in [-0.05, 0) is 73.4 Å². The summed E-state index contributed by atoms with van der Waals surface area (Å²) in [5, 5.41) is 3.41. The van der Waals surface area contributed by atoms with Gasteiger partial charge in [0.05, 0.1) is 10.6 Å². The van der Waals surface area contributed by atoms with Crippen LogP contribution in [0.4, 0.5) is 5.69 Å². The molecule has 1 N–H and O–H groups in total. The molecule has 2 amide bonds. The molecule has 0 bridgehead atoms. The molecule has 4 rings (SSSR count). The van der Waals surface area contributed by atoms with Gasteiger partial charge in [0.2, 0.25) is 11.8 Å². The van der Waals surface area contributed by atoms with E-state index in [-0.39, 0.29) is 23.8 Å². The highest BCUT2D eigenvalue weighted by molar-refractivity contribution is 7.92. The summed E-state index contributed by atoms with van der Waals surface area (Å²) >= 11 is 6.06. The Labute approximate surface area is 271 Å². The average Bonchev–Trinajstić information content (AvgIpc) is 3.03.